The van der Waals surface area contributed by atoms with Gasteiger partial charge >= 0.3 is 0 Å². The van der Waals surface area contributed by atoms with Gasteiger partial charge in [-0.15, -0.1) is 0 Å². The molecule has 0 fully saturated rings. The van der Waals surface area contributed by atoms with Crippen LogP contribution >= 0.6 is 23.2 Å². The molecule has 0 saturated heterocycles. The number of hydrogen-bond donors (Lipinski definition) is 1. The molecular weight excluding hydrogens is 395 g/mol. The quantitative estimate of drug-likeness (QED) is 0.751. The molecule has 0 bridgehead atoms. The fraction of sp³-hybridized carbons (Fsp3) is 0.278. The molecule has 5 nitrogen and oxygen atoms in total. The Balaban J connectivity index is 2.39. The minimum atomic E-state index is -3.89. The van der Waals surface area contributed by atoms with Crippen molar-refractivity contribution in [2.75, 3.05) is 17.8 Å². The summed E-state index contributed by atoms with van der Waals surface area (Å²) in [6.45, 7) is 6.52. The van der Waals surface area contributed by atoms with Crippen LogP contribution in [0.1, 0.15) is 29.8 Å². The van der Waals surface area contributed by atoms with Crippen molar-refractivity contribution in [3.8, 4) is 0 Å². The molecule has 2 rings (SSSR count). The first kappa shape index (κ1) is 20.6. The number of carbonyl (C=O) groups is 1. The van der Waals surface area contributed by atoms with Crippen LogP contribution in [0.5, 0.6) is 0 Å². The zero-order chi connectivity index (χ0) is 19.5. The van der Waals surface area contributed by atoms with Crippen LogP contribution in [0.3, 0.4) is 0 Å². The molecule has 0 aliphatic carbocycles. The number of rotatable bonds is 6. The Morgan fingerprint density at radius 1 is 1.04 bits per heavy atom. The summed E-state index contributed by atoms with van der Waals surface area (Å²) in [5, 5.41) is 0.665. The zero-order valence-corrected chi connectivity index (χ0v) is 17.0. The zero-order valence-electron chi connectivity index (χ0n) is 14.7. The van der Waals surface area contributed by atoms with Crippen molar-refractivity contribution >= 4 is 44.8 Å². The number of hydrogen-bond acceptors (Lipinski definition) is 3. The predicted octanol–water partition coefficient (Wildman–Crippen LogP) is 4.58. The fourth-order valence-corrected chi connectivity index (χ4v) is 3.84. The minimum Gasteiger partial charge on any atom is -0.339 e. The molecule has 0 atom stereocenters. The van der Waals surface area contributed by atoms with Gasteiger partial charge < -0.3 is 4.90 Å². The maximum atomic E-state index is 12.7. The normalized spacial score (nSPS) is 11.3. The van der Waals surface area contributed by atoms with E-state index < -0.39 is 10.0 Å². The summed E-state index contributed by atoms with van der Waals surface area (Å²) in [7, 11) is -3.89. The lowest BCUT2D eigenvalue weighted by Crippen LogP contribution is -2.30. The molecular formula is C18H20Cl2N2O3S. The summed E-state index contributed by atoms with van der Waals surface area (Å²) >= 11 is 12.2. The number of nitrogens with zero attached hydrogens (tertiary/aromatic N) is 1. The molecule has 0 aliphatic heterocycles. The van der Waals surface area contributed by atoms with Crippen LogP contribution < -0.4 is 4.72 Å². The smallest absolute Gasteiger partial charge is 0.261 e. The van der Waals surface area contributed by atoms with E-state index in [2.05, 4.69) is 4.72 Å². The molecule has 0 radical (unpaired) electrons. The summed E-state index contributed by atoms with van der Waals surface area (Å²) < 4.78 is 27.8. The highest BCUT2D eigenvalue weighted by atomic mass is 35.5. The highest BCUT2D eigenvalue weighted by Gasteiger charge is 2.21. The second-order valence-electron chi connectivity index (χ2n) is 5.69. The van der Waals surface area contributed by atoms with Gasteiger partial charge in [0.25, 0.3) is 15.9 Å². The Bertz CT molecular complexity index is 926. The Labute approximate surface area is 164 Å². The summed E-state index contributed by atoms with van der Waals surface area (Å²) in [6.07, 6.45) is 0. The van der Waals surface area contributed by atoms with E-state index in [1.54, 1.807) is 17.0 Å². The molecule has 0 heterocycles. The summed E-state index contributed by atoms with van der Waals surface area (Å²) in [5.74, 6) is -0.310. The van der Waals surface area contributed by atoms with Gasteiger partial charge in [0.15, 0.2) is 0 Å². The van der Waals surface area contributed by atoms with Crippen molar-refractivity contribution in [2.24, 2.45) is 0 Å². The molecule has 0 aromatic heterocycles. The first-order chi connectivity index (χ1) is 12.2. The molecule has 0 unspecified atom stereocenters. The second-order valence-corrected chi connectivity index (χ2v) is 8.19. The molecule has 26 heavy (non-hydrogen) atoms. The molecule has 2 aromatic carbocycles. The molecule has 8 heteroatoms. The lowest BCUT2D eigenvalue weighted by molar-refractivity contribution is 0.0773. The highest BCUT2D eigenvalue weighted by Crippen LogP contribution is 2.25. The molecule has 1 N–H and O–H groups in total. The van der Waals surface area contributed by atoms with E-state index in [0.29, 0.717) is 23.8 Å². The lowest BCUT2D eigenvalue weighted by Gasteiger charge is -2.19. The van der Waals surface area contributed by atoms with E-state index in [0.717, 1.165) is 5.56 Å². The molecule has 0 saturated carbocycles. The van der Waals surface area contributed by atoms with Crippen molar-refractivity contribution in [1.29, 1.82) is 0 Å². The summed E-state index contributed by atoms with van der Waals surface area (Å²) in [5.41, 5.74) is 1.33. The second kappa shape index (κ2) is 8.29. The summed E-state index contributed by atoms with van der Waals surface area (Å²) in [6, 6.07) is 8.94. The number of benzene rings is 2. The molecule has 1 amide bonds. The largest absolute Gasteiger partial charge is 0.339 e. The van der Waals surface area contributed by atoms with Crippen molar-refractivity contribution in [1.82, 2.24) is 4.90 Å². The maximum absolute atomic E-state index is 12.7. The van der Waals surface area contributed by atoms with Gasteiger partial charge in [0.2, 0.25) is 0 Å². The molecule has 0 aliphatic rings. The van der Waals surface area contributed by atoms with Crippen LogP contribution in [0, 0.1) is 6.92 Å². The third-order valence-corrected chi connectivity index (χ3v) is 6.07. The number of halogens is 2. The Kier molecular flexibility index (Phi) is 6.55. The van der Waals surface area contributed by atoms with Crippen LogP contribution in [0.25, 0.3) is 0 Å². The fourth-order valence-electron chi connectivity index (χ4n) is 2.39. The Morgan fingerprint density at radius 3 is 2.27 bits per heavy atom. The molecule has 140 valence electrons. The van der Waals surface area contributed by atoms with Gasteiger partial charge in [-0.2, -0.15) is 0 Å². The standard InChI is InChI=1S/C18H20Cl2N2O3S/c1-4-22(5-2)18(23)15-11-14(8-9-16(15)19)26(24,25)21-13-7-6-12(3)17(20)10-13/h6-11,21H,4-5H2,1-3H3. The SMILES string of the molecule is CCN(CC)C(=O)c1cc(S(=O)(=O)Nc2ccc(C)c(Cl)c2)ccc1Cl. The van der Waals surface area contributed by atoms with E-state index in [-0.39, 0.29) is 21.4 Å². The van der Waals surface area contributed by atoms with E-state index in [4.69, 9.17) is 23.2 Å². The number of amides is 1. The van der Waals surface area contributed by atoms with Crippen molar-refractivity contribution in [3.63, 3.8) is 0 Å². The van der Waals surface area contributed by atoms with E-state index in [1.807, 2.05) is 20.8 Å². The highest BCUT2D eigenvalue weighted by molar-refractivity contribution is 7.92. The van der Waals surface area contributed by atoms with Crippen LogP contribution in [-0.2, 0) is 10.0 Å². The maximum Gasteiger partial charge on any atom is 0.261 e. The first-order valence-electron chi connectivity index (χ1n) is 8.07. The van der Waals surface area contributed by atoms with Gasteiger partial charge in [-0.1, -0.05) is 29.3 Å². The van der Waals surface area contributed by atoms with Gasteiger partial charge in [0.1, 0.15) is 0 Å². The van der Waals surface area contributed by atoms with Gasteiger partial charge in [0.05, 0.1) is 21.2 Å². The van der Waals surface area contributed by atoms with Crippen molar-refractivity contribution in [3.05, 3.63) is 57.6 Å². The minimum absolute atomic E-state index is 0.0471. The monoisotopic (exact) mass is 414 g/mol. The van der Waals surface area contributed by atoms with Crippen molar-refractivity contribution < 1.29 is 13.2 Å². The number of sulfonamides is 1. The van der Waals surface area contributed by atoms with Gasteiger partial charge in [0, 0.05) is 18.1 Å². The average molecular weight is 415 g/mol. The third kappa shape index (κ3) is 4.50. The topological polar surface area (TPSA) is 66.5 Å². The van der Waals surface area contributed by atoms with Crippen LogP contribution in [0.4, 0.5) is 5.69 Å². The number of nitrogens with one attached hydrogen (secondary N) is 1. The lowest BCUT2D eigenvalue weighted by atomic mass is 10.2. The van der Waals surface area contributed by atoms with E-state index >= 15 is 0 Å². The predicted molar refractivity (Wildman–Crippen MR) is 106 cm³/mol. The number of aryl methyl sites for hydroxylation is 1. The van der Waals surface area contributed by atoms with E-state index in [1.165, 1.54) is 24.3 Å². The Morgan fingerprint density at radius 2 is 1.69 bits per heavy atom. The Hall–Kier alpha value is -1.76. The molecule has 0 spiro atoms. The molecule has 2 aromatic rings. The van der Waals surface area contributed by atoms with Crippen molar-refractivity contribution in [2.45, 2.75) is 25.7 Å². The van der Waals surface area contributed by atoms with E-state index in [9.17, 15) is 13.2 Å². The van der Waals surface area contributed by atoms with Gasteiger partial charge in [-0.05, 0) is 56.7 Å². The van der Waals surface area contributed by atoms with Crippen LogP contribution in [0.2, 0.25) is 10.0 Å². The van der Waals surface area contributed by atoms with Crippen LogP contribution in [0.15, 0.2) is 41.3 Å². The average Bonchev–Trinajstić information content (AvgIpc) is 2.59. The van der Waals surface area contributed by atoms with Crippen LogP contribution in [-0.4, -0.2) is 32.3 Å². The number of anilines is 1. The third-order valence-electron chi connectivity index (χ3n) is 3.95. The number of carbonyl (C=O) groups excluding carboxylic acids is 1. The summed E-state index contributed by atoms with van der Waals surface area (Å²) in [4.78, 5) is 14.1. The first-order valence-corrected chi connectivity index (χ1v) is 10.3. The van der Waals surface area contributed by atoms with Gasteiger partial charge in [-0.25, -0.2) is 8.42 Å². The van der Waals surface area contributed by atoms with Gasteiger partial charge in [-0.3, -0.25) is 9.52 Å².